The second-order valence-electron chi connectivity index (χ2n) is 2.32. The fourth-order valence-electron chi connectivity index (χ4n) is 0.862. The molecule has 0 unspecified atom stereocenters. The largest absolute Gasteiger partial charge is 0.389 e. The van der Waals surface area contributed by atoms with Crippen molar-refractivity contribution in [3.63, 3.8) is 0 Å². The first kappa shape index (κ1) is 8.93. The van der Waals surface area contributed by atoms with Gasteiger partial charge in [-0.1, -0.05) is 12.2 Å². The van der Waals surface area contributed by atoms with Crippen molar-refractivity contribution in [2.24, 2.45) is 5.73 Å². The number of nitrogens with one attached hydrogen (secondary N) is 1. The fourth-order valence-corrected chi connectivity index (χ4v) is 0.989. The summed E-state index contributed by atoms with van der Waals surface area (Å²) < 4.78 is 0. The summed E-state index contributed by atoms with van der Waals surface area (Å²) in [4.78, 5) is 4.48. The smallest absolute Gasteiger partial charge is 0.126 e. The Labute approximate surface area is 77.0 Å². The number of anilines is 1. The Kier molecular flexibility index (Phi) is 2.99. The third kappa shape index (κ3) is 2.17. The van der Waals surface area contributed by atoms with E-state index in [1.807, 2.05) is 13.0 Å². The zero-order valence-corrected chi connectivity index (χ0v) is 7.69. The van der Waals surface area contributed by atoms with Gasteiger partial charge in [0, 0.05) is 18.3 Å². The summed E-state index contributed by atoms with van der Waals surface area (Å²) in [6, 6.07) is 3.63. The molecule has 0 radical (unpaired) electrons. The molecule has 0 atom stereocenters. The first-order valence-corrected chi connectivity index (χ1v) is 4.14. The fraction of sp³-hybridized carbons (Fsp3) is 0.250. The number of thiocarbonyl (C=S) groups is 1. The molecule has 0 aromatic carbocycles. The highest BCUT2D eigenvalue weighted by Crippen LogP contribution is 2.05. The first-order chi connectivity index (χ1) is 5.74. The van der Waals surface area contributed by atoms with Crippen LogP contribution in [0.15, 0.2) is 18.3 Å². The van der Waals surface area contributed by atoms with Crippen LogP contribution in [0.5, 0.6) is 0 Å². The number of aromatic nitrogens is 1. The lowest BCUT2D eigenvalue weighted by molar-refractivity contribution is 1.16. The summed E-state index contributed by atoms with van der Waals surface area (Å²) in [5.74, 6) is 0.808. The lowest BCUT2D eigenvalue weighted by Gasteiger charge is -2.03. The summed E-state index contributed by atoms with van der Waals surface area (Å²) in [6.45, 7) is 2.85. The van der Waals surface area contributed by atoms with Crippen molar-refractivity contribution in [2.75, 3.05) is 11.9 Å². The van der Waals surface area contributed by atoms with Crippen molar-refractivity contribution < 1.29 is 0 Å². The maximum absolute atomic E-state index is 5.45. The minimum Gasteiger partial charge on any atom is -0.389 e. The van der Waals surface area contributed by atoms with Gasteiger partial charge in [0.25, 0.3) is 0 Å². The van der Waals surface area contributed by atoms with E-state index in [0.717, 1.165) is 17.9 Å². The van der Waals surface area contributed by atoms with Gasteiger partial charge in [-0.05, 0) is 19.1 Å². The predicted octanol–water partition coefficient (Wildman–Crippen LogP) is 1.15. The van der Waals surface area contributed by atoms with Crippen LogP contribution in [0, 0.1) is 0 Å². The van der Waals surface area contributed by atoms with Crippen LogP contribution in [-0.2, 0) is 0 Å². The van der Waals surface area contributed by atoms with Gasteiger partial charge in [-0.15, -0.1) is 0 Å². The highest BCUT2D eigenvalue weighted by Gasteiger charge is 1.97. The van der Waals surface area contributed by atoms with E-state index in [1.54, 1.807) is 12.3 Å². The molecule has 4 heteroatoms. The van der Waals surface area contributed by atoms with Crippen molar-refractivity contribution in [1.29, 1.82) is 0 Å². The number of pyridine rings is 1. The molecule has 1 aromatic rings. The van der Waals surface area contributed by atoms with Gasteiger partial charge in [0.15, 0.2) is 0 Å². The van der Waals surface area contributed by atoms with E-state index in [-0.39, 0.29) is 0 Å². The van der Waals surface area contributed by atoms with E-state index in [1.165, 1.54) is 0 Å². The van der Waals surface area contributed by atoms with Gasteiger partial charge in [0.05, 0.1) is 0 Å². The summed E-state index contributed by atoms with van der Waals surface area (Å²) in [5, 5.41) is 3.08. The minimum atomic E-state index is 0.400. The van der Waals surface area contributed by atoms with Crippen LogP contribution in [0.25, 0.3) is 0 Å². The summed E-state index contributed by atoms with van der Waals surface area (Å²) in [7, 11) is 0. The third-order valence-corrected chi connectivity index (χ3v) is 1.64. The predicted molar refractivity (Wildman–Crippen MR) is 54.3 cm³/mol. The molecule has 0 spiro atoms. The Bertz CT molecular complexity index is 285. The molecule has 64 valence electrons. The average Bonchev–Trinajstić information content (AvgIpc) is 2.05. The Morgan fingerprint density at radius 3 is 3.08 bits per heavy atom. The molecular weight excluding hydrogens is 170 g/mol. The Hall–Kier alpha value is -1.16. The van der Waals surface area contributed by atoms with Gasteiger partial charge >= 0.3 is 0 Å². The Morgan fingerprint density at radius 2 is 2.50 bits per heavy atom. The van der Waals surface area contributed by atoms with Gasteiger partial charge in [0.1, 0.15) is 10.8 Å². The zero-order valence-electron chi connectivity index (χ0n) is 6.87. The van der Waals surface area contributed by atoms with Gasteiger partial charge in [-0.25, -0.2) is 4.98 Å². The summed E-state index contributed by atoms with van der Waals surface area (Å²) in [6.07, 6.45) is 1.69. The topological polar surface area (TPSA) is 50.9 Å². The highest BCUT2D eigenvalue weighted by molar-refractivity contribution is 7.80. The standard InChI is InChI=1S/C8H11N3S/c1-2-10-7-5-6(8(9)12)3-4-11-7/h3-5H,2H2,1H3,(H2,9,12)(H,10,11). The lowest BCUT2D eigenvalue weighted by Crippen LogP contribution is -2.10. The van der Waals surface area contributed by atoms with Crippen LogP contribution < -0.4 is 11.1 Å². The van der Waals surface area contributed by atoms with Crippen LogP contribution in [0.4, 0.5) is 5.82 Å². The van der Waals surface area contributed by atoms with E-state index in [0.29, 0.717) is 4.99 Å². The van der Waals surface area contributed by atoms with Crippen LogP contribution in [0.2, 0.25) is 0 Å². The van der Waals surface area contributed by atoms with E-state index in [4.69, 9.17) is 18.0 Å². The molecule has 0 saturated heterocycles. The normalized spacial score (nSPS) is 9.42. The van der Waals surface area contributed by atoms with Crippen LogP contribution >= 0.6 is 12.2 Å². The molecule has 1 rings (SSSR count). The molecule has 0 aliphatic carbocycles. The van der Waals surface area contributed by atoms with E-state index < -0.39 is 0 Å². The van der Waals surface area contributed by atoms with Crippen molar-refractivity contribution in [3.8, 4) is 0 Å². The van der Waals surface area contributed by atoms with Crippen molar-refractivity contribution >= 4 is 23.0 Å². The number of hydrogen-bond acceptors (Lipinski definition) is 3. The number of hydrogen-bond donors (Lipinski definition) is 2. The minimum absolute atomic E-state index is 0.400. The molecule has 0 bridgehead atoms. The second kappa shape index (κ2) is 4.01. The number of nitrogens with zero attached hydrogens (tertiary/aromatic N) is 1. The van der Waals surface area contributed by atoms with Crippen LogP contribution in [-0.4, -0.2) is 16.5 Å². The molecule has 3 N–H and O–H groups in total. The second-order valence-corrected chi connectivity index (χ2v) is 2.76. The van der Waals surface area contributed by atoms with Crippen LogP contribution in [0.1, 0.15) is 12.5 Å². The monoisotopic (exact) mass is 181 g/mol. The van der Waals surface area contributed by atoms with Crippen molar-refractivity contribution in [1.82, 2.24) is 4.98 Å². The maximum Gasteiger partial charge on any atom is 0.126 e. The molecule has 12 heavy (non-hydrogen) atoms. The van der Waals surface area contributed by atoms with Gasteiger partial charge in [-0.2, -0.15) is 0 Å². The van der Waals surface area contributed by atoms with Crippen molar-refractivity contribution in [2.45, 2.75) is 6.92 Å². The molecule has 0 amide bonds. The zero-order chi connectivity index (χ0) is 8.97. The molecule has 1 heterocycles. The van der Waals surface area contributed by atoms with Gasteiger partial charge < -0.3 is 11.1 Å². The Balaban J connectivity index is 2.88. The van der Waals surface area contributed by atoms with Crippen LogP contribution in [0.3, 0.4) is 0 Å². The maximum atomic E-state index is 5.45. The molecule has 0 saturated carbocycles. The third-order valence-electron chi connectivity index (χ3n) is 1.40. The first-order valence-electron chi connectivity index (χ1n) is 3.73. The number of rotatable bonds is 3. The Morgan fingerprint density at radius 1 is 1.75 bits per heavy atom. The SMILES string of the molecule is CCNc1cc(C(N)=S)ccn1. The van der Waals surface area contributed by atoms with E-state index in [2.05, 4.69) is 10.3 Å². The summed E-state index contributed by atoms with van der Waals surface area (Å²) in [5.41, 5.74) is 6.30. The average molecular weight is 181 g/mol. The van der Waals surface area contributed by atoms with Crippen molar-refractivity contribution in [3.05, 3.63) is 23.9 Å². The van der Waals surface area contributed by atoms with E-state index in [9.17, 15) is 0 Å². The summed E-state index contributed by atoms with van der Waals surface area (Å²) >= 11 is 4.83. The number of nitrogens with two attached hydrogens (primary N) is 1. The van der Waals surface area contributed by atoms with Gasteiger partial charge in [0.2, 0.25) is 0 Å². The molecule has 0 aliphatic heterocycles. The van der Waals surface area contributed by atoms with Gasteiger partial charge in [-0.3, -0.25) is 0 Å². The molecule has 0 aliphatic rings. The quantitative estimate of drug-likeness (QED) is 0.687. The molecule has 1 aromatic heterocycles. The highest BCUT2D eigenvalue weighted by atomic mass is 32.1. The lowest BCUT2D eigenvalue weighted by atomic mass is 10.2. The molecule has 3 nitrogen and oxygen atoms in total. The van der Waals surface area contributed by atoms with E-state index >= 15 is 0 Å². The molecular formula is C8H11N3S. The molecule has 0 fully saturated rings.